The van der Waals surface area contributed by atoms with Gasteiger partial charge in [0.15, 0.2) is 0 Å². The summed E-state index contributed by atoms with van der Waals surface area (Å²) >= 11 is 0. The molecule has 4 nitrogen and oxygen atoms in total. The summed E-state index contributed by atoms with van der Waals surface area (Å²) in [5, 5.41) is 9.30. The topological polar surface area (TPSA) is 51.6 Å². The molecule has 1 heterocycles. The Balaban J connectivity index is 1.58. The highest BCUT2D eigenvalue weighted by atomic mass is 16.5. The van der Waals surface area contributed by atoms with Crippen LogP contribution in [0.15, 0.2) is 97.1 Å². The first-order valence-electron chi connectivity index (χ1n) is 9.86. The van der Waals surface area contributed by atoms with E-state index in [0.29, 0.717) is 25.0 Å². The van der Waals surface area contributed by atoms with Crippen molar-refractivity contribution in [3.63, 3.8) is 0 Å². The van der Waals surface area contributed by atoms with Crippen molar-refractivity contribution in [2.24, 2.45) is 0 Å². The number of rotatable bonds is 8. The molecule has 0 aliphatic rings. The van der Waals surface area contributed by atoms with Crippen LogP contribution in [0.1, 0.15) is 16.7 Å². The first-order valence-corrected chi connectivity index (χ1v) is 9.86. The monoisotopic (exact) mass is 397 g/mol. The van der Waals surface area contributed by atoms with E-state index in [4.69, 9.17) is 9.47 Å². The number of ether oxygens (including phenoxy) is 2. The summed E-state index contributed by atoms with van der Waals surface area (Å²) in [5.74, 6) is 1.03. The molecule has 1 aromatic heterocycles. The minimum absolute atomic E-state index is 0.0160. The van der Waals surface area contributed by atoms with Crippen LogP contribution in [0.3, 0.4) is 0 Å². The lowest BCUT2D eigenvalue weighted by atomic mass is 10.1. The maximum absolute atomic E-state index is 9.30. The summed E-state index contributed by atoms with van der Waals surface area (Å²) in [7, 11) is 0. The molecule has 3 aromatic carbocycles. The van der Waals surface area contributed by atoms with Crippen LogP contribution in [-0.2, 0) is 19.8 Å². The van der Waals surface area contributed by atoms with Gasteiger partial charge in [-0.2, -0.15) is 4.98 Å². The van der Waals surface area contributed by atoms with Crippen LogP contribution >= 0.6 is 0 Å². The van der Waals surface area contributed by atoms with Gasteiger partial charge in [0, 0.05) is 11.6 Å². The van der Waals surface area contributed by atoms with E-state index >= 15 is 0 Å². The van der Waals surface area contributed by atoms with Crippen LogP contribution in [0.25, 0.3) is 11.1 Å². The Bertz CT molecular complexity index is 1060. The largest absolute Gasteiger partial charge is 0.473 e. The summed E-state index contributed by atoms with van der Waals surface area (Å²) < 4.78 is 12.0. The molecule has 0 spiro atoms. The molecule has 0 aliphatic carbocycles. The fourth-order valence-electron chi connectivity index (χ4n) is 3.08. The molecule has 4 aromatic rings. The lowest BCUT2D eigenvalue weighted by molar-refractivity contribution is 0.268. The normalized spacial score (nSPS) is 10.6. The predicted octanol–water partition coefficient (Wildman–Crippen LogP) is 5.40. The van der Waals surface area contributed by atoms with Crippen LogP contribution in [-0.4, -0.2) is 10.1 Å². The molecule has 0 saturated heterocycles. The van der Waals surface area contributed by atoms with Gasteiger partial charge in [-0.1, -0.05) is 84.9 Å². The molecule has 150 valence electrons. The number of hydrogen-bond donors (Lipinski definition) is 1. The Morgan fingerprint density at radius 3 is 1.80 bits per heavy atom. The van der Waals surface area contributed by atoms with Crippen molar-refractivity contribution in [2.45, 2.75) is 19.8 Å². The molecule has 0 saturated carbocycles. The van der Waals surface area contributed by atoms with Crippen LogP contribution in [0.5, 0.6) is 11.8 Å². The van der Waals surface area contributed by atoms with Crippen molar-refractivity contribution in [1.29, 1.82) is 0 Å². The number of hydrogen-bond acceptors (Lipinski definition) is 4. The molecule has 0 fully saturated rings. The van der Waals surface area contributed by atoms with Gasteiger partial charge in [0.2, 0.25) is 11.8 Å². The van der Waals surface area contributed by atoms with Crippen molar-refractivity contribution >= 4 is 0 Å². The van der Waals surface area contributed by atoms with Crippen LogP contribution < -0.4 is 9.47 Å². The van der Waals surface area contributed by atoms with Gasteiger partial charge in [0.05, 0.1) is 6.61 Å². The highest BCUT2D eigenvalue weighted by Gasteiger charge is 2.11. The van der Waals surface area contributed by atoms with Crippen molar-refractivity contribution in [3.05, 3.63) is 114 Å². The molecule has 0 aliphatic heterocycles. The standard InChI is InChI=1S/C26H23NO3/c28-17-20-11-13-23(14-12-20)24-15-16-25(29-18-21-7-3-1-4-8-21)27-26(24)30-19-22-9-5-2-6-10-22/h1-16,28H,17-19H2. The van der Waals surface area contributed by atoms with Crippen molar-refractivity contribution in [2.75, 3.05) is 0 Å². The molecular weight excluding hydrogens is 374 g/mol. The molecule has 0 radical (unpaired) electrons. The van der Waals surface area contributed by atoms with E-state index < -0.39 is 0 Å². The molecule has 0 unspecified atom stereocenters. The zero-order valence-corrected chi connectivity index (χ0v) is 16.6. The van der Waals surface area contributed by atoms with Gasteiger partial charge in [0.1, 0.15) is 13.2 Å². The van der Waals surface area contributed by atoms with Crippen LogP contribution in [0, 0.1) is 0 Å². The minimum atomic E-state index is 0.0160. The Hall–Kier alpha value is -3.63. The van der Waals surface area contributed by atoms with Gasteiger partial charge in [0.25, 0.3) is 0 Å². The van der Waals surface area contributed by atoms with E-state index in [1.54, 1.807) is 0 Å². The second-order valence-corrected chi connectivity index (χ2v) is 6.91. The first-order chi connectivity index (χ1) is 14.8. The lowest BCUT2D eigenvalue weighted by Gasteiger charge is -2.13. The van der Waals surface area contributed by atoms with E-state index in [0.717, 1.165) is 27.8 Å². The zero-order valence-electron chi connectivity index (χ0n) is 16.6. The number of aromatic nitrogens is 1. The van der Waals surface area contributed by atoms with Crippen molar-refractivity contribution < 1.29 is 14.6 Å². The van der Waals surface area contributed by atoms with E-state index in [1.165, 1.54) is 0 Å². The summed E-state index contributed by atoms with van der Waals surface area (Å²) in [5.41, 5.74) is 4.85. The molecular formula is C26H23NO3. The van der Waals surface area contributed by atoms with Crippen molar-refractivity contribution in [3.8, 4) is 22.9 Å². The van der Waals surface area contributed by atoms with Gasteiger partial charge in [-0.3, -0.25) is 0 Å². The lowest BCUT2D eigenvalue weighted by Crippen LogP contribution is -2.02. The second-order valence-electron chi connectivity index (χ2n) is 6.91. The molecule has 4 heteroatoms. The average molecular weight is 397 g/mol. The Labute approximate surface area is 176 Å². The molecule has 0 bridgehead atoms. The smallest absolute Gasteiger partial charge is 0.225 e. The average Bonchev–Trinajstić information content (AvgIpc) is 2.83. The summed E-state index contributed by atoms with van der Waals surface area (Å²) in [4.78, 5) is 4.63. The van der Waals surface area contributed by atoms with E-state index in [9.17, 15) is 5.11 Å². The number of aliphatic hydroxyl groups is 1. The predicted molar refractivity (Wildman–Crippen MR) is 117 cm³/mol. The van der Waals surface area contributed by atoms with Gasteiger partial charge >= 0.3 is 0 Å². The maximum atomic E-state index is 9.30. The molecule has 0 amide bonds. The summed E-state index contributed by atoms with van der Waals surface area (Å²) in [6.45, 7) is 0.871. The van der Waals surface area contributed by atoms with Crippen molar-refractivity contribution in [1.82, 2.24) is 4.98 Å². The highest BCUT2D eigenvalue weighted by Crippen LogP contribution is 2.31. The zero-order chi connectivity index (χ0) is 20.6. The third kappa shape index (κ3) is 5.04. The quantitative estimate of drug-likeness (QED) is 0.433. The third-order valence-corrected chi connectivity index (χ3v) is 4.73. The van der Waals surface area contributed by atoms with E-state index in [-0.39, 0.29) is 6.61 Å². The number of benzene rings is 3. The molecule has 30 heavy (non-hydrogen) atoms. The van der Waals surface area contributed by atoms with Gasteiger partial charge in [-0.05, 0) is 28.3 Å². The Kier molecular flexibility index (Phi) is 6.38. The van der Waals surface area contributed by atoms with Gasteiger partial charge < -0.3 is 14.6 Å². The van der Waals surface area contributed by atoms with E-state index in [1.807, 2.05) is 97.1 Å². The maximum Gasteiger partial charge on any atom is 0.225 e. The summed E-state index contributed by atoms with van der Waals surface area (Å²) in [6, 6.07) is 31.5. The second kappa shape index (κ2) is 9.72. The minimum Gasteiger partial charge on any atom is -0.473 e. The Morgan fingerprint density at radius 1 is 0.600 bits per heavy atom. The number of pyridine rings is 1. The van der Waals surface area contributed by atoms with E-state index in [2.05, 4.69) is 4.98 Å². The molecule has 0 atom stereocenters. The fraction of sp³-hybridized carbons (Fsp3) is 0.115. The first kappa shape index (κ1) is 19.7. The third-order valence-electron chi connectivity index (χ3n) is 4.73. The van der Waals surface area contributed by atoms with Crippen LogP contribution in [0.4, 0.5) is 0 Å². The number of aliphatic hydroxyl groups excluding tert-OH is 1. The highest BCUT2D eigenvalue weighted by molar-refractivity contribution is 5.69. The SMILES string of the molecule is OCc1ccc(-c2ccc(OCc3ccccc3)nc2OCc2ccccc2)cc1. The fourth-order valence-corrected chi connectivity index (χ4v) is 3.08. The van der Waals surface area contributed by atoms with Gasteiger partial charge in [-0.15, -0.1) is 0 Å². The summed E-state index contributed by atoms with van der Waals surface area (Å²) in [6.07, 6.45) is 0. The van der Waals surface area contributed by atoms with Gasteiger partial charge in [-0.25, -0.2) is 0 Å². The molecule has 1 N–H and O–H groups in total. The molecule has 4 rings (SSSR count). The van der Waals surface area contributed by atoms with Crippen LogP contribution in [0.2, 0.25) is 0 Å². The Morgan fingerprint density at radius 2 is 1.20 bits per heavy atom. The number of nitrogens with zero attached hydrogens (tertiary/aromatic N) is 1.